The minimum atomic E-state index is 0.986. The molecule has 4 heteroatoms. The fourth-order valence-corrected chi connectivity index (χ4v) is 5.34. The van der Waals surface area contributed by atoms with E-state index in [4.69, 9.17) is 4.42 Å². The topological polar surface area (TPSA) is 28.9 Å². The van der Waals surface area contributed by atoms with Crippen molar-refractivity contribution in [1.82, 2.24) is 4.98 Å². The molecule has 1 aromatic carbocycles. The lowest BCUT2D eigenvalue weighted by atomic mass is 10.2. The van der Waals surface area contributed by atoms with E-state index in [1.54, 1.807) is 0 Å². The van der Waals surface area contributed by atoms with E-state index in [1.807, 2.05) is 29.6 Å². The van der Waals surface area contributed by atoms with Crippen molar-refractivity contribution in [3.05, 3.63) is 35.7 Å². The number of rotatable bonds is 0. The monoisotopic (exact) mass is 297 g/mol. The van der Waals surface area contributed by atoms with E-state index in [2.05, 4.69) is 36.2 Å². The van der Waals surface area contributed by atoms with Gasteiger partial charge in [0.05, 0.1) is 14.9 Å². The van der Waals surface area contributed by atoms with E-state index in [0.717, 1.165) is 11.3 Å². The Hall–Kier alpha value is -1.78. The highest BCUT2D eigenvalue weighted by Crippen LogP contribution is 2.42. The largest absolute Gasteiger partial charge is 0.460 e. The number of H-pyrrole nitrogens is 1. The van der Waals surface area contributed by atoms with Crippen LogP contribution in [0.5, 0.6) is 0 Å². The van der Waals surface area contributed by atoms with Crippen LogP contribution < -0.4 is 0 Å². The molecule has 0 saturated heterocycles. The maximum atomic E-state index is 5.87. The van der Waals surface area contributed by atoms with Crippen molar-refractivity contribution in [2.24, 2.45) is 0 Å². The fourth-order valence-electron chi connectivity index (χ4n) is 2.94. The Morgan fingerprint density at radius 2 is 1.65 bits per heavy atom. The predicted molar refractivity (Wildman–Crippen MR) is 88.3 cm³/mol. The van der Waals surface area contributed by atoms with Crippen LogP contribution in [0.4, 0.5) is 0 Å². The number of furan rings is 1. The Labute approximate surface area is 122 Å². The highest BCUT2D eigenvalue weighted by molar-refractivity contribution is 7.28. The summed E-state index contributed by atoms with van der Waals surface area (Å²) in [6.07, 6.45) is 0. The molecule has 1 N–H and O–H groups in total. The third-order valence-electron chi connectivity index (χ3n) is 3.77. The summed E-state index contributed by atoms with van der Waals surface area (Å²) in [5.41, 5.74) is 3.51. The van der Waals surface area contributed by atoms with Crippen molar-refractivity contribution in [3.8, 4) is 0 Å². The highest BCUT2D eigenvalue weighted by Gasteiger charge is 2.14. The molecule has 98 valence electrons. The Morgan fingerprint density at radius 3 is 2.55 bits per heavy atom. The molecule has 20 heavy (non-hydrogen) atoms. The third-order valence-corrected chi connectivity index (χ3v) is 5.95. The Balaban J connectivity index is 2.02. The van der Waals surface area contributed by atoms with E-state index in [1.165, 1.54) is 40.8 Å². The average Bonchev–Trinajstić information content (AvgIpc) is 3.06. The molecule has 0 amide bonds. The zero-order valence-electron chi connectivity index (χ0n) is 11.0. The molecule has 0 atom stereocenters. The van der Waals surface area contributed by atoms with Crippen LogP contribution >= 0.6 is 22.7 Å². The summed E-state index contributed by atoms with van der Waals surface area (Å²) < 4.78 is 11.1. The van der Waals surface area contributed by atoms with Gasteiger partial charge in [0.1, 0.15) is 5.76 Å². The first-order valence-corrected chi connectivity index (χ1v) is 8.17. The molecule has 4 heterocycles. The van der Waals surface area contributed by atoms with Gasteiger partial charge in [-0.2, -0.15) is 0 Å². The summed E-state index contributed by atoms with van der Waals surface area (Å²) in [5, 5.41) is 2.54. The lowest BCUT2D eigenvalue weighted by Crippen LogP contribution is -1.70. The van der Waals surface area contributed by atoms with Gasteiger partial charge in [0.25, 0.3) is 0 Å². The van der Waals surface area contributed by atoms with Crippen molar-refractivity contribution in [2.75, 3.05) is 0 Å². The van der Waals surface area contributed by atoms with E-state index in [0.29, 0.717) is 0 Å². The first-order chi connectivity index (χ1) is 9.69. The van der Waals surface area contributed by atoms with Gasteiger partial charge in [0, 0.05) is 25.9 Å². The van der Waals surface area contributed by atoms with Crippen molar-refractivity contribution < 1.29 is 4.42 Å². The van der Waals surface area contributed by atoms with Crippen LogP contribution in [-0.2, 0) is 0 Å². The molecule has 0 fully saturated rings. The van der Waals surface area contributed by atoms with Crippen LogP contribution in [0.2, 0.25) is 0 Å². The van der Waals surface area contributed by atoms with E-state index in [9.17, 15) is 0 Å². The molecular formula is C16H11NOS2. The van der Waals surface area contributed by atoms with Gasteiger partial charge in [-0.15, -0.1) is 22.7 Å². The van der Waals surface area contributed by atoms with Gasteiger partial charge in [0.15, 0.2) is 5.58 Å². The summed E-state index contributed by atoms with van der Waals surface area (Å²) in [4.78, 5) is 3.47. The Morgan fingerprint density at radius 1 is 0.850 bits per heavy atom. The molecule has 5 aromatic rings. The maximum absolute atomic E-state index is 5.87. The number of hydrogen-bond acceptors (Lipinski definition) is 3. The van der Waals surface area contributed by atoms with Crippen molar-refractivity contribution >= 4 is 63.3 Å². The number of nitrogens with one attached hydrogen (secondary N) is 1. The SMILES string of the molecule is Cc1cc2sc3cc4sc5cc(C)oc5c4cc3c2[nH]1. The molecule has 0 saturated carbocycles. The van der Waals surface area contributed by atoms with Gasteiger partial charge in [-0.05, 0) is 38.1 Å². The van der Waals surface area contributed by atoms with Gasteiger partial charge in [0.2, 0.25) is 0 Å². The lowest BCUT2D eigenvalue weighted by Gasteiger charge is -1.93. The van der Waals surface area contributed by atoms with Crippen LogP contribution in [0, 0.1) is 13.8 Å². The number of thiophene rings is 2. The molecule has 0 unspecified atom stereocenters. The minimum Gasteiger partial charge on any atom is -0.460 e. The fraction of sp³-hybridized carbons (Fsp3) is 0.125. The van der Waals surface area contributed by atoms with E-state index < -0.39 is 0 Å². The molecule has 0 aliphatic rings. The van der Waals surface area contributed by atoms with Crippen LogP contribution in [0.1, 0.15) is 11.5 Å². The van der Waals surface area contributed by atoms with Crippen molar-refractivity contribution in [3.63, 3.8) is 0 Å². The molecule has 5 rings (SSSR count). The van der Waals surface area contributed by atoms with E-state index >= 15 is 0 Å². The second kappa shape index (κ2) is 3.45. The average molecular weight is 297 g/mol. The zero-order valence-corrected chi connectivity index (χ0v) is 12.7. The summed E-state index contributed by atoms with van der Waals surface area (Å²) in [5.74, 6) is 0.986. The maximum Gasteiger partial charge on any atom is 0.152 e. The summed E-state index contributed by atoms with van der Waals surface area (Å²) in [7, 11) is 0. The molecule has 4 aromatic heterocycles. The molecular weight excluding hydrogens is 286 g/mol. The van der Waals surface area contributed by atoms with E-state index in [-0.39, 0.29) is 0 Å². The first kappa shape index (κ1) is 10.9. The number of aromatic amines is 1. The second-order valence-electron chi connectivity index (χ2n) is 5.29. The van der Waals surface area contributed by atoms with Gasteiger partial charge >= 0.3 is 0 Å². The first-order valence-electron chi connectivity index (χ1n) is 6.53. The minimum absolute atomic E-state index is 0.986. The standard InChI is InChI=1S/C16H11NOS2/c1-7-3-13-15(17-7)9-5-10-12(6-11(9)19-13)20-14-4-8(2)18-16(10)14/h3-6,17H,1-2H3. The molecule has 0 bridgehead atoms. The normalized spacial score (nSPS) is 12.5. The Bertz CT molecular complexity index is 1030. The van der Waals surface area contributed by atoms with Crippen LogP contribution in [0.3, 0.4) is 0 Å². The van der Waals surface area contributed by atoms with Crippen LogP contribution in [0.25, 0.3) is 40.7 Å². The van der Waals surface area contributed by atoms with Crippen LogP contribution in [-0.4, -0.2) is 4.98 Å². The van der Waals surface area contributed by atoms with Crippen molar-refractivity contribution in [1.29, 1.82) is 0 Å². The second-order valence-corrected chi connectivity index (χ2v) is 7.46. The summed E-state index contributed by atoms with van der Waals surface area (Å²) in [6, 6.07) is 8.93. The lowest BCUT2D eigenvalue weighted by molar-refractivity contribution is 0.582. The number of hydrogen-bond donors (Lipinski definition) is 1. The van der Waals surface area contributed by atoms with Gasteiger partial charge in [-0.3, -0.25) is 0 Å². The highest BCUT2D eigenvalue weighted by atomic mass is 32.1. The quantitative estimate of drug-likeness (QED) is 0.375. The summed E-state index contributed by atoms with van der Waals surface area (Å²) in [6.45, 7) is 4.12. The molecule has 0 aliphatic heterocycles. The zero-order chi connectivity index (χ0) is 13.4. The number of aryl methyl sites for hydroxylation is 2. The smallest absolute Gasteiger partial charge is 0.152 e. The molecule has 2 nitrogen and oxygen atoms in total. The number of aromatic nitrogens is 1. The third kappa shape index (κ3) is 1.28. The van der Waals surface area contributed by atoms with Crippen molar-refractivity contribution in [2.45, 2.75) is 13.8 Å². The van der Waals surface area contributed by atoms with Crippen LogP contribution in [0.15, 0.2) is 28.7 Å². The predicted octanol–water partition coefficient (Wildman–Crippen LogP) is 5.96. The molecule has 0 radical (unpaired) electrons. The molecule has 0 spiro atoms. The summed E-state index contributed by atoms with van der Waals surface area (Å²) >= 11 is 3.67. The number of fused-ring (bicyclic) bond motifs is 6. The Kier molecular flexibility index (Phi) is 1.89. The van der Waals surface area contributed by atoms with Gasteiger partial charge in [-0.1, -0.05) is 0 Å². The molecule has 0 aliphatic carbocycles. The van der Waals surface area contributed by atoms with Gasteiger partial charge < -0.3 is 9.40 Å². The number of benzene rings is 1. The van der Waals surface area contributed by atoms with Gasteiger partial charge in [-0.25, -0.2) is 0 Å².